The van der Waals surface area contributed by atoms with E-state index in [4.69, 9.17) is 0 Å². The van der Waals surface area contributed by atoms with Gasteiger partial charge in [0.05, 0.1) is 6.16 Å². The number of alkyl halides is 3. The minimum Gasteiger partial charge on any atom is -0.174 e. The van der Waals surface area contributed by atoms with Crippen molar-refractivity contribution >= 4 is 7.26 Å². The van der Waals surface area contributed by atoms with Crippen LogP contribution in [0.2, 0.25) is 0 Å². The molecular weight excluding hydrogens is 232 g/mol. The Balaban J connectivity index is 0. The van der Waals surface area contributed by atoms with Crippen LogP contribution >= 0.6 is 7.26 Å². The summed E-state index contributed by atoms with van der Waals surface area (Å²) in [5.41, 5.74) is 0. The first kappa shape index (κ1) is 18.6. The number of hydrogen-bond donors (Lipinski definition) is 0. The maximum Gasteiger partial charge on any atom is 0.379 e. The summed E-state index contributed by atoms with van der Waals surface area (Å²) in [4.78, 5) is 0. The van der Waals surface area contributed by atoms with Gasteiger partial charge >= 0.3 is 6.68 Å². The molecule has 4 heteroatoms. The van der Waals surface area contributed by atoms with E-state index in [0.29, 0.717) is 0 Å². The van der Waals surface area contributed by atoms with Gasteiger partial charge in [0.1, 0.15) is 0 Å². The van der Waals surface area contributed by atoms with Gasteiger partial charge in [0.25, 0.3) is 0 Å². The molecule has 1 unspecified atom stereocenters. The Bertz CT molecular complexity index is 141. The second kappa shape index (κ2) is 10.4. The molecule has 0 amide bonds. The van der Waals surface area contributed by atoms with Crippen LogP contribution in [0.4, 0.5) is 13.2 Å². The molecule has 16 heavy (non-hydrogen) atoms. The highest BCUT2D eigenvalue weighted by Gasteiger charge is 2.22. The first-order valence-electron chi connectivity index (χ1n) is 5.95. The molecule has 0 rings (SSSR count). The predicted octanol–water partition coefficient (Wildman–Crippen LogP) is 5.29. The van der Waals surface area contributed by atoms with Crippen LogP contribution in [0, 0.1) is 5.92 Å². The lowest BCUT2D eigenvalue weighted by atomic mass is 10.0. The number of unbranched alkanes of at least 4 members (excludes halogenated alkanes) is 1. The summed E-state index contributed by atoms with van der Waals surface area (Å²) >= 11 is 0. The molecule has 0 aromatic carbocycles. The summed E-state index contributed by atoms with van der Waals surface area (Å²) in [6.07, 6.45) is 7.14. The van der Waals surface area contributed by atoms with E-state index in [0.717, 1.165) is 5.92 Å². The molecule has 1 atom stereocenters. The van der Waals surface area contributed by atoms with E-state index in [-0.39, 0.29) is 0 Å². The molecule has 0 heterocycles. The fourth-order valence-electron chi connectivity index (χ4n) is 1.69. The first-order valence-corrected chi connectivity index (χ1v) is 9.27. The normalized spacial score (nSPS) is 13.3. The molecule has 0 aliphatic heterocycles. The number of hydrogen-bond acceptors (Lipinski definition) is 0. The van der Waals surface area contributed by atoms with Crippen LogP contribution in [-0.2, 0) is 0 Å². The van der Waals surface area contributed by atoms with Crippen molar-refractivity contribution in [2.75, 3.05) is 26.2 Å². The van der Waals surface area contributed by atoms with Crippen LogP contribution in [0.25, 0.3) is 0 Å². The number of halogens is 3. The SMILES string of the molecule is CCCCC(CC)C[P+](C)(C)C.FC(F)F. The van der Waals surface area contributed by atoms with Gasteiger partial charge in [0.2, 0.25) is 0 Å². The maximum absolute atomic E-state index is 9.67. The highest BCUT2D eigenvalue weighted by atomic mass is 31.2. The van der Waals surface area contributed by atoms with E-state index < -0.39 is 13.9 Å². The Morgan fingerprint density at radius 3 is 1.69 bits per heavy atom. The van der Waals surface area contributed by atoms with Gasteiger partial charge in [0, 0.05) is 27.3 Å². The summed E-state index contributed by atoms with van der Waals surface area (Å²) in [5.74, 6) is 1.01. The van der Waals surface area contributed by atoms with Crippen molar-refractivity contribution in [3.05, 3.63) is 0 Å². The zero-order valence-corrected chi connectivity index (χ0v) is 12.2. The van der Waals surface area contributed by atoms with Crippen LogP contribution < -0.4 is 0 Å². The molecule has 0 nitrogen and oxygen atoms in total. The second-order valence-corrected chi connectivity index (χ2v) is 10.1. The highest BCUT2D eigenvalue weighted by molar-refractivity contribution is 7.73. The van der Waals surface area contributed by atoms with E-state index in [1.165, 1.54) is 31.8 Å². The third kappa shape index (κ3) is 19.7. The molecule has 0 bridgehead atoms. The summed E-state index contributed by atoms with van der Waals surface area (Å²) in [7, 11) is -0.529. The molecule has 100 valence electrons. The lowest BCUT2D eigenvalue weighted by Crippen LogP contribution is -2.07. The van der Waals surface area contributed by atoms with E-state index in [1.807, 2.05) is 0 Å². The molecule has 0 aliphatic rings. The smallest absolute Gasteiger partial charge is 0.174 e. The van der Waals surface area contributed by atoms with Crippen molar-refractivity contribution in [2.45, 2.75) is 46.2 Å². The number of rotatable bonds is 6. The quantitative estimate of drug-likeness (QED) is 0.569. The topological polar surface area (TPSA) is 0 Å². The van der Waals surface area contributed by atoms with Crippen molar-refractivity contribution in [3.63, 3.8) is 0 Å². The van der Waals surface area contributed by atoms with Crippen LogP contribution in [0.15, 0.2) is 0 Å². The van der Waals surface area contributed by atoms with E-state index in [1.54, 1.807) is 0 Å². The first-order chi connectivity index (χ1) is 7.22. The molecule has 0 fully saturated rings. The standard InChI is InChI=1S/C11H26P.CHF3/c1-6-8-9-11(7-2)10-12(3,4)5;2-1(3)4/h11H,6-10H2,1-5H3;1H/q+1;. The maximum atomic E-state index is 9.67. The second-order valence-electron chi connectivity index (χ2n) is 5.14. The van der Waals surface area contributed by atoms with Crippen molar-refractivity contribution in [1.29, 1.82) is 0 Å². The van der Waals surface area contributed by atoms with Crippen LogP contribution in [0.5, 0.6) is 0 Å². The minimum absolute atomic E-state index is 0.529. The van der Waals surface area contributed by atoms with Gasteiger partial charge in [-0.05, 0) is 18.8 Å². The fraction of sp³-hybridized carbons (Fsp3) is 1.00. The summed E-state index contributed by atoms with van der Waals surface area (Å²) in [6, 6.07) is 0. The zero-order chi connectivity index (χ0) is 13.2. The zero-order valence-electron chi connectivity index (χ0n) is 11.3. The third-order valence-corrected chi connectivity index (χ3v) is 3.96. The largest absolute Gasteiger partial charge is 0.379 e. The van der Waals surface area contributed by atoms with Crippen LogP contribution in [0.1, 0.15) is 39.5 Å². The monoisotopic (exact) mass is 259 g/mol. The molecule has 0 saturated heterocycles. The summed E-state index contributed by atoms with van der Waals surface area (Å²) in [6.45, 7) is 8.35. The van der Waals surface area contributed by atoms with Crippen LogP contribution in [0.3, 0.4) is 0 Å². The van der Waals surface area contributed by atoms with Crippen molar-refractivity contribution in [2.24, 2.45) is 5.92 Å². The van der Waals surface area contributed by atoms with Gasteiger partial charge in [-0.1, -0.05) is 26.7 Å². The van der Waals surface area contributed by atoms with Crippen LogP contribution in [-0.4, -0.2) is 32.8 Å². The van der Waals surface area contributed by atoms with E-state index in [9.17, 15) is 13.2 Å². The van der Waals surface area contributed by atoms with Gasteiger partial charge in [-0.2, -0.15) is 13.2 Å². The third-order valence-electron chi connectivity index (χ3n) is 2.35. The molecule has 0 saturated carbocycles. The molecule has 0 aromatic rings. The molecule has 0 radical (unpaired) electrons. The lowest BCUT2D eigenvalue weighted by molar-refractivity contribution is 0.00819. The van der Waals surface area contributed by atoms with Gasteiger partial charge in [0.15, 0.2) is 0 Å². The molecule has 0 spiro atoms. The average Bonchev–Trinajstić information content (AvgIpc) is 2.09. The molecule has 0 aliphatic carbocycles. The Morgan fingerprint density at radius 1 is 1.00 bits per heavy atom. The average molecular weight is 259 g/mol. The Morgan fingerprint density at radius 2 is 1.44 bits per heavy atom. The van der Waals surface area contributed by atoms with Gasteiger partial charge in [-0.3, -0.25) is 0 Å². The predicted molar refractivity (Wildman–Crippen MR) is 70.0 cm³/mol. The highest BCUT2D eigenvalue weighted by Crippen LogP contribution is 2.49. The fourth-order valence-corrected chi connectivity index (χ4v) is 3.68. The van der Waals surface area contributed by atoms with E-state index in [2.05, 4.69) is 33.8 Å². The molecule has 0 N–H and O–H groups in total. The Kier molecular flexibility index (Phi) is 12.1. The molecule has 0 aromatic heterocycles. The molecular formula is C12H27F3P+. The van der Waals surface area contributed by atoms with Gasteiger partial charge in [-0.25, -0.2) is 0 Å². The Labute approximate surface area is 99.3 Å². The summed E-state index contributed by atoms with van der Waals surface area (Å²) in [5, 5.41) is 0. The van der Waals surface area contributed by atoms with Crippen molar-refractivity contribution in [3.8, 4) is 0 Å². The summed E-state index contributed by atoms with van der Waals surface area (Å²) < 4.78 is 29.0. The van der Waals surface area contributed by atoms with Gasteiger partial charge < -0.3 is 0 Å². The van der Waals surface area contributed by atoms with Crippen molar-refractivity contribution < 1.29 is 13.2 Å². The van der Waals surface area contributed by atoms with E-state index >= 15 is 0 Å². The minimum atomic E-state index is -3.67. The Hall–Kier alpha value is 0.220. The lowest BCUT2D eigenvalue weighted by Gasteiger charge is -2.19. The van der Waals surface area contributed by atoms with Crippen molar-refractivity contribution in [1.82, 2.24) is 0 Å². The van der Waals surface area contributed by atoms with Gasteiger partial charge in [-0.15, -0.1) is 0 Å².